The van der Waals surface area contributed by atoms with Crippen LogP contribution >= 0.6 is 11.8 Å². The van der Waals surface area contributed by atoms with Crippen LogP contribution in [0.25, 0.3) is 0 Å². The first kappa shape index (κ1) is 13.7. The zero-order chi connectivity index (χ0) is 13.7. The van der Waals surface area contributed by atoms with Crippen LogP contribution in [0.15, 0.2) is 41.7 Å². The van der Waals surface area contributed by atoms with Crippen LogP contribution in [0.5, 0.6) is 0 Å². The molecule has 0 aliphatic heterocycles. The maximum absolute atomic E-state index is 10.6. The Balaban J connectivity index is 2.01. The van der Waals surface area contributed by atoms with E-state index in [9.17, 15) is 4.79 Å². The molecule has 0 amide bonds. The zero-order valence-corrected chi connectivity index (χ0v) is 11.6. The van der Waals surface area contributed by atoms with Gasteiger partial charge in [0, 0.05) is 12.7 Å². The van der Waals surface area contributed by atoms with Gasteiger partial charge in [-0.3, -0.25) is 4.79 Å². The number of imidazole rings is 1. The Bertz CT molecular complexity index is 552. The summed E-state index contributed by atoms with van der Waals surface area (Å²) in [5.74, 6) is -0.776. The van der Waals surface area contributed by atoms with Gasteiger partial charge in [0.25, 0.3) is 0 Å². The molecule has 0 aliphatic carbocycles. The fraction of sp³-hybridized carbons (Fsp3) is 0.286. The number of rotatable bonds is 6. The lowest BCUT2D eigenvalue weighted by Gasteiger charge is -2.06. The average molecular weight is 276 g/mol. The molecule has 2 aromatic rings. The number of carbonyl (C=O) groups is 1. The Kier molecular flexibility index (Phi) is 4.63. The fourth-order valence-electron chi connectivity index (χ4n) is 1.82. The van der Waals surface area contributed by atoms with Gasteiger partial charge in [0.05, 0.1) is 11.4 Å². The highest BCUT2D eigenvalue weighted by molar-refractivity contribution is 7.99. The Labute approximate surface area is 116 Å². The summed E-state index contributed by atoms with van der Waals surface area (Å²) in [6.45, 7) is 2.73. The number of hydrogen-bond donors (Lipinski definition) is 1. The third kappa shape index (κ3) is 4.13. The molecule has 0 saturated heterocycles. The summed E-state index contributed by atoms with van der Waals surface area (Å²) in [6, 6.07) is 10.2. The lowest BCUT2D eigenvalue weighted by Crippen LogP contribution is -2.04. The van der Waals surface area contributed by atoms with Crippen molar-refractivity contribution < 1.29 is 9.90 Å². The first-order valence-electron chi connectivity index (χ1n) is 6.07. The highest BCUT2D eigenvalue weighted by Gasteiger charge is 2.08. The molecule has 0 atom stereocenters. The van der Waals surface area contributed by atoms with Crippen LogP contribution < -0.4 is 0 Å². The van der Waals surface area contributed by atoms with E-state index in [1.165, 1.54) is 17.3 Å². The topological polar surface area (TPSA) is 55.1 Å². The van der Waals surface area contributed by atoms with E-state index < -0.39 is 5.97 Å². The number of carboxylic acids is 1. The Morgan fingerprint density at radius 3 is 2.79 bits per heavy atom. The predicted molar refractivity (Wildman–Crippen MR) is 75.5 cm³/mol. The summed E-state index contributed by atoms with van der Waals surface area (Å²) in [6.07, 6.45) is 2.88. The van der Waals surface area contributed by atoms with E-state index in [0.717, 1.165) is 23.8 Å². The van der Waals surface area contributed by atoms with Crippen molar-refractivity contribution in [2.75, 3.05) is 5.75 Å². The summed E-state index contributed by atoms with van der Waals surface area (Å²) >= 11 is 1.26. The molecule has 0 radical (unpaired) electrons. The second-order valence-electron chi connectivity index (χ2n) is 4.28. The molecule has 100 valence electrons. The van der Waals surface area contributed by atoms with Crippen LogP contribution in [0, 0.1) is 6.92 Å². The standard InChI is InChI=1S/C14H16N2O2S/c1-11-9-16(14(15-11)19-10-13(17)18)8-7-12-5-3-2-4-6-12/h2-6,9H,7-8,10H2,1H3,(H,17,18). The summed E-state index contributed by atoms with van der Waals surface area (Å²) in [5, 5.41) is 9.50. The van der Waals surface area contributed by atoms with Gasteiger partial charge in [-0.25, -0.2) is 4.98 Å². The first-order valence-corrected chi connectivity index (χ1v) is 7.06. The Morgan fingerprint density at radius 2 is 2.11 bits per heavy atom. The van der Waals surface area contributed by atoms with Gasteiger partial charge in [-0.2, -0.15) is 0 Å². The minimum atomic E-state index is -0.819. The molecule has 1 aromatic carbocycles. The van der Waals surface area contributed by atoms with E-state index in [-0.39, 0.29) is 5.75 Å². The van der Waals surface area contributed by atoms with Crippen molar-refractivity contribution >= 4 is 17.7 Å². The predicted octanol–water partition coefficient (Wildman–Crippen LogP) is 2.61. The maximum atomic E-state index is 10.6. The molecule has 1 aromatic heterocycles. The van der Waals surface area contributed by atoms with E-state index in [1.807, 2.05) is 35.9 Å². The molecule has 2 rings (SSSR count). The van der Waals surface area contributed by atoms with Crippen LogP contribution in [0.1, 0.15) is 11.3 Å². The normalized spacial score (nSPS) is 10.6. The molecule has 5 heteroatoms. The second-order valence-corrected chi connectivity index (χ2v) is 5.22. The van der Waals surface area contributed by atoms with Crippen LogP contribution in [0.3, 0.4) is 0 Å². The van der Waals surface area contributed by atoms with Gasteiger partial charge >= 0.3 is 5.97 Å². The lowest BCUT2D eigenvalue weighted by atomic mass is 10.1. The van der Waals surface area contributed by atoms with E-state index in [1.54, 1.807) is 0 Å². The largest absolute Gasteiger partial charge is 0.481 e. The summed E-state index contributed by atoms with van der Waals surface area (Å²) in [5.41, 5.74) is 2.18. The SMILES string of the molecule is Cc1cn(CCc2ccccc2)c(SCC(=O)O)n1. The Hall–Kier alpha value is -1.75. The maximum Gasteiger partial charge on any atom is 0.313 e. The highest BCUT2D eigenvalue weighted by atomic mass is 32.2. The summed E-state index contributed by atoms with van der Waals surface area (Å²) in [4.78, 5) is 15.0. The number of benzene rings is 1. The molecular formula is C14H16N2O2S. The van der Waals surface area contributed by atoms with E-state index in [0.29, 0.717) is 0 Å². The first-order chi connectivity index (χ1) is 9.15. The van der Waals surface area contributed by atoms with E-state index >= 15 is 0 Å². The van der Waals surface area contributed by atoms with Gasteiger partial charge in [-0.15, -0.1) is 0 Å². The minimum absolute atomic E-state index is 0.0434. The lowest BCUT2D eigenvalue weighted by molar-refractivity contribution is -0.133. The zero-order valence-electron chi connectivity index (χ0n) is 10.7. The van der Waals surface area contributed by atoms with Crippen molar-refractivity contribution in [3.63, 3.8) is 0 Å². The van der Waals surface area contributed by atoms with Gasteiger partial charge in [0.1, 0.15) is 0 Å². The van der Waals surface area contributed by atoms with Gasteiger partial charge in [0.15, 0.2) is 5.16 Å². The molecule has 1 N–H and O–H groups in total. The average Bonchev–Trinajstić information content (AvgIpc) is 2.75. The monoisotopic (exact) mass is 276 g/mol. The van der Waals surface area contributed by atoms with Gasteiger partial charge in [-0.1, -0.05) is 42.1 Å². The van der Waals surface area contributed by atoms with Gasteiger partial charge in [0.2, 0.25) is 0 Å². The van der Waals surface area contributed by atoms with Crippen LogP contribution in [-0.4, -0.2) is 26.4 Å². The molecule has 4 nitrogen and oxygen atoms in total. The number of carboxylic acid groups (broad SMARTS) is 1. The molecule has 0 fully saturated rings. The van der Waals surface area contributed by atoms with Crippen molar-refractivity contribution in [2.45, 2.75) is 25.0 Å². The van der Waals surface area contributed by atoms with Gasteiger partial charge in [-0.05, 0) is 18.9 Å². The summed E-state index contributed by atoms with van der Waals surface area (Å²) < 4.78 is 2.02. The third-order valence-electron chi connectivity index (χ3n) is 2.67. The van der Waals surface area contributed by atoms with E-state index in [2.05, 4.69) is 17.1 Å². The van der Waals surface area contributed by atoms with Crippen LogP contribution in [0.4, 0.5) is 0 Å². The number of aliphatic carboxylic acids is 1. The molecule has 19 heavy (non-hydrogen) atoms. The van der Waals surface area contributed by atoms with Crippen molar-refractivity contribution in [1.29, 1.82) is 0 Å². The molecule has 0 unspecified atom stereocenters. The molecule has 0 saturated carbocycles. The number of nitrogens with zero attached hydrogens (tertiary/aromatic N) is 2. The Morgan fingerprint density at radius 1 is 1.37 bits per heavy atom. The molecule has 0 spiro atoms. The summed E-state index contributed by atoms with van der Waals surface area (Å²) in [7, 11) is 0. The number of aryl methyl sites for hydroxylation is 3. The third-order valence-corrected chi connectivity index (χ3v) is 3.64. The van der Waals surface area contributed by atoms with Crippen LogP contribution in [0.2, 0.25) is 0 Å². The smallest absolute Gasteiger partial charge is 0.313 e. The molecule has 1 heterocycles. The quantitative estimate of drug-likeness (QED) is 0.824. The van der Waals surface area contributed by atoms with E-state index in [4.69, 9.17) is 5.11 Å². The molecule has 0 bridgehead atoms. The van der Waals surface area contributed by atoms with Crippen LogP contribution in [-0.2, 0) is 17.8 Å². The number of thioether (sulfide) groups is 1. The second kappa shape index (κ2) is 6.43. The van der Waals surface area contributed by atoms with Crippen molar-refractivity contribution in [2.24, 2.45) is 0 Å². The molecule has 0 aliphatic rings. The number of aromatic nitrogens is 2. The van der Waals surface area contributed by atoms with Crippen molar-refractivity contribution in [3.8, 4) is 0 Å². The van der Waals surface area contributed by atoms with Crippen molar-refractivity contribution in [1.82, 2.24) is 9.55 Å². The van der Waals surface area contributed by atoms with Crippen molar-refractivity contribution in [3.05, 3.63) is 47.8 Å². The van der Waals surface area contributed by atoms with Gasteiger partial charge < -0.3 is 9.67 Å². The highest BCUT2D eigenvalue weighted by Crippen LogP contribution is 2.18. The molecular weight excluding hydrogens is 260 g/mol. The minimum Gasteiger partial charge on any atom is -0.481 e. The fourth-order valence-corrected chi connectivity index (χ4v) is 2.59. The number of hydrogen-bond acceptors (Lipinski definition) is 3.